The molecular formula is C25H28N2O7. The van der Waals surface area contributed by atoms with E-state index in [4.69, 9.17) is 19.7 Å². The molecule has 2 aromatic carbocycles. The summed E-state index contributed by atoms with van der Waals surface area (Å²) in [7, 11) is 0. The Bertz CT molecular complexity index is 1010. The topological polar surface area (TPSA) is 125 Å². The van der Waals surface area contributed by atoms with E-state index in [1.807, 2.05) is 36.4 Å². The summed E-state index contributed by atoms with van der Waals surface area (Å²) in [6.07, 6.45) is -0.919. The minimum atomic E-state index is -1.17. The zero-order valence-corrected chi connectivity index (χ0v) is 18.7. The maximum Gasteiger partial charge on any atom is 0.407 e. The normalized spacial score (nSPS) is 18.7. The molecule has 2 amide bonds. The molecule has 0 spiro atoms. The van der Waals surface area contributed by atoms with Gasteiger partial charge in [-0.25, -0.2) is 4.79 Å². The van der Waals surface area contributed by atoms with Gasteiger partial charge in [0.15, 0.2) is 0 Å². The second kappa shape index (κ2) is 10.7. The van der Waals surface area contributed by atoms with Crippen molar-refractivity contribution in [3.63, 3.8) is 0 Å². The number of aliphatic carboxylic acids is 1. The van der Waals surface area contributed by atoms with Crippen LogP contribution in [0.5, 0.6) is 0 Å². The minimum absolute atomic E-state index is 0.0506. The summed E-state index contributed by atoms with van der Waals surface area (Å²) in [6.45, 7) is -0.301. The Labute approximate surface area is 197 Å². The van der Waals surface area contributed by atoms with Crippen LogP contribution in [0.2, 0.25) is 0 Å². The number of carboxylic acid groups (broad SMARTS) is 1. The van der Waals surface area contributed by atoms with E-state index in [-0.39, 0.29) is 38.1 Å². The number of ether oxygens (including phenoxy) is 2. The fourth-order valence-corrected chi connectivity index (χ4v) is 4.71. The van der Waals surface area contributed by atoms with E-state index in [9.17, 15) is 14.4 Å². The van der Waals surface area contributed by atoms with Gasteiger partial charge in [0, 0.05) is 31.5 Å². The van der Waals surface area contributed by atoms with Crippen molar-refractivity contribution >= 4 is 18.0 Å². The number of rotatable bonds is 9. The zero-order chi connectivity index (χ0) is 24.1. The average molecular weight is 469 g/mol. The Kier molecular flexibility index (Phi) is 7.44. The molecule has 4 rings (SSSR count). The Morgan fingerprint density at radius 2 is 1.71 bits per heavy atom. The molecule has 1 aliphatic carbocycles. The third-order valence-electron chi connectivity index (χ3n) is 6.32. The number of aliphatic hydroxyl groups is 1. The third-order valence-corrected chi connectivity index (χ3v) is 6.32. The number of fused-ring (bicyclic) bond motifs is 3. The van der Waals surface area contributed by atoms with Gasteiger partial charge in [-0.05, 0) is 28.7 Å². The first-order valence-corrected chi connectivity index (χ1v) is 11.3. The Morgan fingerprint density at radius 3 is 2.32 bits per heavy atom. The molecule has 1 heterocycles. The van der Waals surface area contributed by atoms with Crippen LogP contribution in [0.15, 0.2) is 48.5 Å². The maximum atomic E-state index is 12.7. The summed E-state index contributed by atoms with van der Waals surface area (Å²) in [5.74, 6) is -2.05. The van der Waals surface area contributed by atoms with E-state index in [0.29, 0.717) is 13.0 Å². The number of aliphatic hydroxyl groups excluding tert-OH is 1. The highest BCUT2D eigenvalue weighted by atomic mass is 16.5. The molecule has 2 aromatic rings. The predicted molar refractivity (Wildman–Crippen MR) is 122 cm³/mol. The van der Waals surface area contributed by atoms with Gasteiger partial charge in [0.1, 0.15) is 19.3 Å². The number of nitrogens with zero attached hydrogens (tertiary/aromatic N) is 1. The van der Waals surface area contributed by atoms with Crippen molar-refractivity contribution in [2.45, 2.75) is 18.4 Å². The van der Waals surface area contributed by atoms with Crippen LogP contribution in [0, 0.1) is 5.92 Å². The Hall–Kier alpha value is -3.43. The van der Waals surface area contributed by atoms with E-state index < -0.39 is 30.6 Å². The molecule has 3 N–H and O–H groups in total. The third kappa shape index (κ3) is 5.05. The average Bonchev–Trinajstić information content (AvgIpc) is 3.43. The quantitative estimate of drug-likeness (QED) is 0.513. The van der Waals surface area contributed by atoms with Crippen LogP contribution < -0.4 is 5.32 Å². The molecule has 1 saturated heterocycles. The zero-order valence-electron chi connectivity index (χ0n) is 18.7. The van der Waals surface area contributed by atoms with Crippen LogP contribution in [0.25, 0.3) is 11.1 Å². The maximum absolute atomic E-state index is 12.7. The summed E-state index contributed by atoms with van der Waals surface area (Å²) in [4.78, 5) is 37.3. The fourth-order valence-electron chi connectivity index (χ4n) is 4.71. The molecule has 34 heavy (non-hydrogen) atoms. The van der Waals surface area contributed by atoms with E-state index in [2.05, 4.69) is 17.4 Å². The van der Waals surface area contributed by atoms with Crippen LogP contribution in [-0.4, -0.2) is 78.6 Å². The molecule has 2 atom stereocenters. The number of carbonyl (C=O) groups excluding carboxylic acids is 2. The molecule has 180 valence electrons. The number of benzene rings is 2. The lowest BCUT2D eigenvalue weighted by Crippen LogP contribution is -2.47. The number of carboxylic acids is 1. The second-order valence-electron chi connectivity index (χ2n) is 8.42. The van der Waals surface area contributed by atoms with Crippen LogP contribution in [0.1, 0.15) is 23.5 Å². The number of hydrogen-bond acceptors (Lipinski definition) is 6. The molecule has 0 saturated carbocycles. The summed E-state index contributed by atoms with van der Waals surface area (Å²) < 4.78 is 11.1. The molecule has 9 heteroatoms. The van der Waals surface area contributed by atoms with Crippen LogP contribution in [0.4, 0.5) is 4.79 Å². The van der Waals surface area contributed by atoms with Crippen molar-refractivity contribution in [2.24, 2.45) is 5.92 Å². The number of nitrogens with one attached hydrogen (secondary N) is 1. The van der Waals surface area contributed by atoms with Gasteiger partial charge in [0.2, 0.25) is 0 Å². The summed E-state index contributed by atoms with van der Waals surface area (Å²) in [5, 5.41) is 20.9. The van der Waals surface area contributed by atoms with Crippen LogP contribution >= 0.6 is 0 Å². The lowest BCUT2D eigenvalue weighted by atomic mass is 9.98. The lowest BCUT2D eigenvalue weighted by molar-refractivity contribution is -0.150. The minimum Gasteiger partial charge on any atom is -0.480 e. The van der Waals surface area contributed by atoms with Gasteiger partial charge in [0.25, 0.3) is 5.91 Å². The van der Waals surface area contributed by atoms with Gasteiger partial charge in [-0.3, -0.25) is 9.59 Å². The van der Waals surface area contributed by atoms with Gasteiger partial charge in [-0.15, -0.1) is 0 Å². The number of amides is 2. The Morgan fingerprint density at radius 1 is 1.06 bits per heavy atom. The van der Waals surface area contributed by atoms with Gasteiger partial charge in [-0.1, -0.05) is 48.5 Å². The SMILES string of the molecule is O=C(O)CN(CCO)C(=O)C1OCCC1CNC(=O)OCC1c2ccccc2-c2ccccc21. The highest BCUT2D eigenvalue weighted by Crippen LogP contribution is 2.44. The van der Waals surface area contributed by atoms with E-state index in [1.54, 1.807) is 0 Å². The predicted octanol–water partition coefficient (Wildman–Crippen LogP) is 1.84. The summed E-state index contributed by atoms with van der Waals surface area (Å²) in [6, 6.07) is 16.1. The molecule has 0 radical (unpaired) electrons. The molecular weight excluding hydrogens is 440 g/mol. The molecule has 2 aliphatic rings. The highest BCUT2D eigenvalue weighted by Gasteiger charge is 2.37. The van der Waals surface area contributed by atoms with E-state index >= 15 is 0 Å². The number of alkyl carbamates (subject to hydrolysis) is 1. The van der Waals surface area contributed by atoms with Gasteiger partial charge >= 0.3 is 12.1 Å². The molecule has 2 unspecified atom stereocenters. The summed E-state index contributed by atoms with van der Waals surface area (Å²) in [5.41, 5.74) is 4.53. The van der Waals surface area contributed by atoms with Crippen LogP contribution in [0.3, 0.4) is 0 Å². The van der Waals surface area contributed by atoms with Gasteiger partial charge in [0.05, 0.1) is 6.61 Å². The van der Waals surface area contributed by atoms with Crippen molar-refractivity contribution in [1.29, 1.82) is 0 Å². The van der Waals surface area contributed by atoms with Crippen molar-refractivity contribution in [3.8, 4) is 11.1 Å². The van der Waals surface area contributed by atoms with E-state index in [0.717, 1.165) is 27.2 Å². The van der Waals surface area contributed by atoms with E-state index in [1.165, 1.54) is 0 Å². The lowest BCUT2D eigenvalue weighted by Gasteiger charge is -2.26. The fraction of sp³-hybridized carbons (Fsp3) is 0.400. The van der Waals surface area contributed by atoms with Crippen molar-refractivity contribution in [3.05, 3.63) is 59.7 Å². The summed E-state index contributed by atoms with van der Waals surface area (Å²) >= 11 is 0. The Balaban J connectivity index is 1.33. The number of carbonyl (C=O) groups is 3. The van der Waals surface area contributed by atoms with Crippen molar-refractivity contribution < 1.29 is 34.1 Å². The largest absolute Gasteiger partial charge is 0.480 e. The van der Waals surface area contributed by atoms with Gasteiger partial charge in [-0.2, -0.15) is 0 Å². The monoisotopic (exact) mass is 468 g/mol. The first-order valence-electron chi connectivity index (χ1n) is 11.3. The first-order chi connectivity index (χ1) is 16.5. The smallest absolute Gasteiger partial charge is 0.407 e. The van der Waals surface area contributed by atoms with Crippen LogP contribution in [-0.2, 0) is 19.1 Å². The molecule has 9 nitrogen and oxygen atoms in total. The molecule has 0 aromatic heterocycles. The standard InChI is InChI=1S/C25H28N2O7/c28-11-10-27(14-22(29)30)24(31)23-16(9-12-33-23)13-26-25(32)34-15-21-19-7-3-1-5-17(19)18-6-2-4-8-20(18)21/h1-8,16,21,23,28H,9-15H2,(H,26,32)(H,29,30). The molecule has 1 fully saturated rings. The van der Waals surface area contributed by atoms with Gasteiger partial charge < -0.3 is 29.9 Å². The first kappa shape index (κ1) is 23.7. The van der Waals surface area contributed by atoms with Crippen molar-refractivity contribution in [2.75, 3.05) is 39.5 Å². The van der Waals surface area contributed by atoms with Crippen molar-refractivity contribution in [1.82, 2.24) is 10.2 Å². The number of hydrogen-bond donors (Lipinski definition) is 3. The molecule has 1 aliphatic heterocycles. The second-order valence-corrected chi connectivity index (χ2v) is 8.42. The molecule has 0 bridgehead atoms. The highest BCUT2D eigenvalue weighted by molar-refractivity contribution is 5.85.